The van der Waals surface area contributed by atoms with Crippen LogP contribution in [0.5, 0.6) is 0 Å². The fourth-order valence-corrected chi connectivity index (χ4v) is 2.63. The van der Waals surface area contributed by atoms with E-state index in [2.05, 4.69) is 30.9 Å². The Labute approximate surface area is 114 Å². The molecule has 0 aliphatic heterocycles. The molecule has 92 valence electrons. The van der Waals surface area contributed by atoms with E-state index in [-0.39, 0.29) is 5.82 Å². The van der Waals surface area contributed by atoms with E-state index in [1.54, 1.807) is 6.07 Å². The number of hydrogen-bond donors (Lipinski definition) is 2. The van der Waals surface area contributed by atoms with E-state index >= 15 is 0 Å². The van der Waals surface area contributed by atoms with Crippen LogP contribution in [0.25, 0.3) is 22.6 Å². The summed E-state index contributed by atoms with van der Waals surface area (Å²) in [6, 6.07) is 3.05. The predicted octanol–water partition coefficient (Wildman–Crippen LogP) is 3.05. The Morgan fingerprint density at radius 3 is 2.94 bits per heavy atom. The SMILES string of the molecule is NCc1nc(-c2nc3cc(Br)c(F)cc3[nH]2)cs1. The van der Waals surface area contributed by atoms with Crippen LogP contribution >= 0.6 is 27.3 Å². The number of H-pyrrole nitrogens is 1. The van der Waals surface area contributed by atoms with Gasteiger partial charge in [0.05, 0.1) is 15.5 Å². The first-order valence-corrected chi connectivity index (χ1v) is 6.84. The van der Waals surface area contributed by atoms with Gasteiger partial charge in [-0.2, -0.15) is 0 Å². The number of halogens is 2. The topological polar surface area (TPSA) is 67.6 Å². The third-order valence-electron chi connectivity index (χ3n) is 2.49. The average Bonchev–Trinajstić information content (AvgIpc) is 2.95. The molecule has 0 unspecified atom stereocenters. The van der Waals surface area contributed by atoms with Gasteiger partial charge in [-0.05, 0) is 22.0 Å². The van der Waals surface area contributed by atoms with Crippen molar-refractivity contribution in [3.8, 4) is 11.5 Å². The zero-order valence-electron chi connectivity index (χ0n) is 9.08. The van der Waals surface area contributed by atoms with Crippen LogP contribution in [0.3, 0.4) is 0 Å². The van der Waals surface area contributed by atoms with Crippen LogP contribution in [0, 0.1) is 5.82 Å². The van der Waals surface area contributed by atoms with Gasteiger partial charge in [-0.25, -0.2) is 14.4 Å². The monoisotopic (exact) mass is 326 g/mol. The summed E-state index contributed by atoms with van der Waals surface area (Å²) in [6.07, 6.45) is 0. The van der Waals surface area contributed by atoms with Crippen LogP contribution in [-0.4, -0.2) is 15.0 Å². The van der Waals surface area contributed by atoms with Crippen molar-refractivity contribution >= 4 is 38.3 Å². The number of aromatic amines is 1. The Morgan fingerprint density at radius 2 is 2.22 bits per heavy atom. The van der Waals surface area contributed by atoms with Gasteiger partial charge in [-0.3, -0.25) is 0 Å². The van der Waals surface area contributed by atoms with Crippen LogP contribution in [0.4, 0.5) is 4.39 Å². The molecule has 1 aromatic carbocycles. The molecule has 3 rings (SSSR count). The molecule has 0 atom stereocenters. The molecule has 4 nitrogen and oxygen atoms in total. The van der Waals surface area contributed by atoms with Crippen molar-refractivity contribution in [3.63, 3.8) is 0 Å². The van der Waals surface area contributed by atoms with Crippen LogP contribution in [-0.2, 0) is 6.54 Å². The molecule has 0 aliphatic carbocycles. The third-order valence-corrected chi connectivity index (χ3v) is 3.97. The zero-order chi connectivity index (χ0) is 12.7. The molecule has 0 saturated heterocycles. The van der Waals surface area contributed by atoms with Crippen molar-refractivity contribution in [2.24, 2.45) is 5.73 Å². The number of aromatic nitrogens is 3. The largest absolute Gasteiger partial charge is 0.337 e. The lowest BCUT2D eigenvalue weighted by Gasteiger charge is -1.92. The number of nitrogens with two attached hydrogens (primary N) is 1. The van der Waals surface area contributed by atoms with Gasteiger partial charge < -0.3 is 10.7 Å². The van der Waals surface area contributed by atoms with Crippen LogP contribution in [0.2, 0.25) is 0 Å². The molecule has 7 heteroatoms. The molecular formula is C11H8BrFN4S. The molecular weight excluding hydrogens is 319 g/mol. The summed E-state index contributed by atoms with van der Waals surface area (Å²) in [5.74, 6) is 0.303. The zero-order valence-corrected chi connectivity index (χ0v) is 11.5. The van der Waals surface area contributed by atoms with E-state index in [1.165, 1.54) is 17.4 Å². The summed E-state index contributed by atoms with van der Waals surface area (Å²) in [6.45, 7) is 0.408. The summed E-state index contributed by atoms with van der Waals surface area (Å²) < 4.78 is 13.8. The summed E-state index contributed by atoms with van der Waals surface area (Å²) >= 11 is 4.62. The second-order valence-corrected chi connectivity index (χ2v) is 5.50. The van der Waals surface area contributed by atoms with Crippen molar-refractivity contribution in [2.45, 2.75) is 6.54 Å². The van der Waals surface area contributed by atoms with E-state index in [1.807, 2.05) is 5.38 Å². The van der Waals surface area contributed by atoms with Gasteiger partial charge in [0.1, 0.15) is 16.5 Å². The van der Waals surface area contributed by atoms with Gasteiger partial charge in [0.25, 0.3) is 0 Å². The van der Waals surface area contributed by atoms with E-state index in [4.69, 9.17) is 5.73 Å². The first-order chi connectivity index (χ1) is 8.67. The van der Waals surface area contributed by atoms with Gasteiger partial charge in [0.15, 0.2) is 5.82 Å². The summed E-state index contributed by atoms with van der Waals surface area (Å²) in [4.78, 5) is 11.8. The van der Waals surface area contributed by atoms with Crippen molar-refractivity contribution in [1.82, 2.24) is 15.0 Å². The first-order valence-electron chi connectivity index (χ1n) is 5.17. The molecule has 0 amide bonds. The number of rotatable bonds is 2. The maximum absolute atomic E-state index is 13.4. The van der Waals surface area contributed by atoms with E-state index in [0.29, 0.717) is 27.9 Å². The normalized spacial score (nSPS) is 11.3. The number of benzene rings is 1. The van der Waals surface area contributed by atoms with Gasteiger partial charge in [0, 0.05) is 18.0 Å². The molecule has 3 aromatic rings. The summed E-state index contributed by atoms with van der Waals surface area (Å²) in [5.41, 5.74) is 7.59. The molecule has 0 aliphatic rings. The Balaban J connectivity index is 2.13. The lowest BCUT2D eigenvalue weighted by atomic mass is 10.3. The highest BCUT2D eigenvalue weighted by Crippen LogP contribution is 2.26. The fourth-order valence-electron chi connectivity index (χ4n) is 1.64. The lowest BCUT2D eigenvalue weighted by molar-refractivity contribution is 0.623. The van der Waals surface area contributed by atoms with Gasteiger partial charge in [-0.1, -0.05) is 0 Å². The number of nitrogens with zero attached hydrogens (tertiary/aromatic N) is 2. The van der Waals surface area contributed by atoms with Crippen LogP contribution in [0.15, 0.2) is 22.0 Å². The van der Waals surface area contributed by atoms with Crippen LogP contribution < -0.4 is 5.73 Å². The number of imidazole rings is 1. The van der Waals surface area contributed by atoms with E-state index < -0.39 is 0 Å². The fraction of sp³-hybridized carbons (Fsp3) is 0.0909. The van der Waals surface area contributed by atoms with Crippen molar-refractivity contribution in [3.05, 3.63) is 32.8 Å². The van der Waals surface area contributed by atoms with E-state index in [9.17, 15) is 4.39 Å². The Hall–Kier alpha value is -1.31. The molecule has 0 bridgehead atoms. The quantitative estimate of drug-likeness (QED) is 0.760. The minimum absolute atomic E-state index is 0.321. The van der Waals surface area contributed by atoms with Crippen molar-refractivity contribution in [2.75, 3.05) is 0 Å². The summed E-state index contributed by atoms with van der Waals surface area (Å²) in [5, 5.41) is 2.73. The minimum atomic E-state index is -0.321. The van der Waals surface area contributed by atoms with Crippen molar-refractivity contribution < 1.29 is 4.39 Å². The second kappa shape index (κ2) is 4.42. The Bertz CT molecular complexity index is 682. The lowest BCUT2D eigenvalue weighted by Crippen LogP contribution is -1.94. The predicted molar refractivity (Wildman–Crippen MR) is 72.8 cm³/mol. The molecule has 3 N–H and O–H groups in total. The first kappa shape index (κ1) is 11.8. The maximum atomic E-state index is 13.4. The third kappa shape index (κ3) is 1.94. The Kier molecular flexibility index (Phi) is 2.89. The smallest absolute Gasteiger partial charge is 0.158 e. The second-order valence-electron chi connectivity index (χ2n) is 3.70. The molecule has 18 heavy (non-hydrogen) atoms. The summed E-state index contributed by atoms with van der Waals surface area (Å²) in [7, 11) is 0. The molecule has 0 saturated carbocycles. The molecule has 2 aromatic heterocycles. The maximum Gasteiger partial charge on any atom is 0.158 e. The highest BCUT2D eigenvalue weighted by Gasteiger charge is 2.11. The molecule has 0 radical (unpaired) electrons. The standard InChI is InChI=1S/C11H8BrFN4S/c12-5-1-7-8(2-6(5)13)17-11(16-7)9-4-18-10(3-14)15-9/h1-2,4H,3,14H2,(H,16,17). The number of thiazole rings is 1. The minimum Gasteiger partial charge on any atom is -0.337 e. The van der Waals surface area contributed by atoms with Crippen molar-refractivity contribution in [1.29, 1.82) is 0 Å². The average molecular weight is 327 g/mol. The number of fused-ring (bicyclic) bond motifs is 1. The van der Waals surface area contributed by atoms with E-state index in [0.717, 1.165) is 10.7 Å². The van der Waals surface area contributed by atoms with Crippen LogP contribution in [0.1, 0.15) is 5.01 Å². The Morgan fingerprint density at radius 1 is 1.39 bits per heavy atom. The highest BCUT2D eigenvalue weighted by atomic mass is 79.9. The molecule has 2 heterocycles. The van der Waals surface area contributed by atoms with Gasteiger partial charge >= 0.3 is 0 Å². The molecule has 0 fully saturated rings. The van der Waals surface area contributed by atoms with Gasteiger partial charge in [-0.15, -0.1) is 11.3 Å². The van der Waals surface area contributed by atoms with Gasteiger partial charge in [0.2, 0.25) is 0 Å². The highest BCUT2D eigenvalue weighted by molar-refractivity contribution is 9.10. The number of nitrogens with one attached hydrogen (secondary N) is 1. The number of hydrogen-bond acceptors (Lipinski definition) is 4. The molecule has 0 spiro atoms.